The molecule has 2 saturated heterocycles. The molecule has 0 bridgehead atoms. The van der Waals surface area contributed by atoms with Gasteiger partial charge in [-0.3, -0.25) is 24.2 Å². The Labute approximate surface area is 159 Å². The summed E-state index contributed by atoms with van der Waals surface area (Å²) in [4.78, 5) is 41.1. The lowest BCUT2D eigenvalue weighted by molar-refractivity contribution is -0.144. The van der Waals surface area contributed by atoms with E-state index in [1.807, 2.05) is 30.3 Å². The SMILES string of the molecule is O=C(NC1CCN(CN2C(=O)CC3(CCCC3)C2=O)CC1)c1ccccc1. The van der Waals surface area contributed by atoms with E-state index in [0.29, 0.717) is 18.7 Å². The Balaban J connectivity index is 1.28. The number of nitrogens with zero attached hydrogens (tertiary/aromatic N) is 2. The second-order valence-electron chi connectivity index (χ2n) is 8.16. The van der Waals surface area contributed by atoms with Crippen molar-refractivity contribution >= 4 is 17.7 Å². The summed E-state index contributed by atoms with van der Waals surface area (Å²) in [6.45, 7) is 1.96. The highest BCUT2D eigenvalue weighted by molar-refractivity contribution is 6.06. The van der Waals surface area contributed by atoms with Gasteiger partial charge in [0.05, 0.1) is 12.1 Å². The summed E-state index contributed by atoms with van der Waals surface area (Å²) < 4.78 is 0. The van der Waals surface area contributed by atoms with Crippen LogP contribution in [0.4, 0.5) is 0 Å². The van der Waals surface area contributed by atoms with Crippen LogP contribution in [0.25, 0.3) is 0 Å². The molecule has 3 fully saturated rings. The van der Waals surface area contributed by atoms with E-state index in [0.717, 1.165) is 51.6 Å². The summed E-state index contributed by atoms with van der Waals surface area (Å²) in [5.41, 5.74) is 0.286. The van der Waals surface area contributed by atoms with Crippen molar-refractivity contribution in [3.8, 4) is 0 Å². The van der Waals surface area contributed by atoms with E-state index >= 15 is 0 Å². The van der Waals surface area contributed by atoms with Crippen LogP contribution < -0.4 is 5.32 Å². The second-order valence-corrected chi connectivity index (χ2v) is 8.16. The van der Waals surface area contributed by atoms with E-state index in [-0.39, 0.29) is 29.2 Å². The van der Waals surface area contributed by atoms with E-state index in [2.05, 4.69) is 10.2 Å². The van der Waals surface area contributed by atoms with Gasteiger partial charge in [-0.2, -0.15) is 0 Å². The molecule has 4 rings (SSSR count). The van der Waals surface area contributed by atoms with Crippen molar-refractivity contribution in [3.63, 3.8) is 0 Å². The van der Waals surface area contributed by atoms with Gasteiger partial charge < -0.3 is 5.32 Å². The maximum absolute atomic E-state index is 12.8. The molecule has 1 saturated carbocycles. The highest BCUT2D eigenvalue weighted by atomic mass is 16.2. The summed E-state index contributed by atoms with van der Waals surface area (Å²) in [5, 5.41) is 3.09. The van der Waals surface area contributed by atoms with E-state index in [1.165, 1.54) is 4.90 Å². The van der Waals surface area contributed by atoms with Crippen molar-refractivity contribution in [2.24, 2.45) is 5.41 Å². The summed E-state index contributed by atoms with van der Waals surface area (Å²) in [6, 6.07) is 9.38. The first-order chi connectivity index (χ1) is 13.1. The fourth-order valence-electron chi connectivity index (χ4n) is 4.72. The van der Waals surface area contributed by atoms with Crippen molar-refractivity contribution in [1.29, 1.82) is 0 Å². The molecule has 144 valence electrons. The first-order valence-electron chi connectivity index (χ1n) is 10.0. The number of hydrogen-bond donors (Lipinski definition) is 1. The van der Waals surface area contributed by atoms with Gasteiger partial charge in [-0.05, 0) is 37.8 Å². The Bertz CT molecular complexity index is 719. The highest BCUT2D eigenvalue weighted by Crippen LogP contribution is 2.46. The summed E-state index contributed by atoms with van der Waals surface area (Å²) in [6.07, 6.45) is 5.90. The average molecular weight is 369 g/mol. The van der Waals surface area contributed by atoms with Crippen LogP contribution in [0.15, 0.2) is 30.3 Å². The van der Waals surface area contributed by atoms with Crippen LogP contribution in [0, 0.1) is 5.41 Å². The maximum atomic E-state index is 12.8. The minimum Gasteiger partial charge on any atom is -0.349 e. The van der Waals surface area contributed by atoms with Crippen LogP contribution in [0.1, 0.15) is 55.3 Å². The zero-order valence-electron chi connectivity index (χ0n) is 15.7. The van der Waals surface area contributed by atoms with Crippen molar-refractivity contribution in [2.45, 2.75) is 51.0 Å². The third kappa shape index (κ3) is 3.63. The lowest BCUT2D eigenvalue weighted by atomic mass is 9.85. The number of carbonyl (C=O) groups excluding carboxylic acids is 3. The number of imide groups is 1. The third-order valence-corrected chi connectivity index (χ3v) is 6.35. The van der Waals surface area contributed by atoms with Crippen molar-refractivity contribution in [2.75, 3.05) is 19.8 Å². The summed E-state index contributed by atoms with van der Waals surface area (Å²) >= 11 is 0. The summed E-state index contributed by atoms with van der Waals surface area (Å²) in [5.74, 6) is -0.00645. The molecule has 6 heteroatoms. The number of amides is 3. The fourth-order valence-corrected chi connectivity index (χ4v) is 4.72. The molecule has 1 aliphatic carbocycles. The molecule has 1 aromatic carbocycles. The zero-order chi connectivity index (χ0) is 18.9. The van der Waals surface area contributed by atoms with Crippen molar-refractivity contribution < 1.29 is 14.4 Å². The molecule has 2 heterocycles. The Hall–Kier alpha value is -2.21. The minimum absolute atomic E-state index is 0.0126. The molecule has 1 N–H and O–H groups in total. The molecule has 2 aliphatic heterocycles. The lowest BCUT2D eigenvalue weighted by Gasteiger charge is -2.34. The Kier molecular flexibility index (Phi) is 5.00. The lowest BCUT2D eigenvalue weighted by Crippen LogP contribution is -2.49. The van der Waals surface area contributed by atoms with Crippen LogP contribution in [0.2, 0.25) is 0 Å². The van der Waals surface area contributed by atoms with E-state index < -0.39 is 0 Å². The molecule has 0 aromatic heterocycles. The predicted molar refractivity (Wildman–Crippen MR) is 101 cm³/mol. The Morgan fingerprint density at radius 1 is 1.07 bits per heavy atom. The quantitative estimate of drug-likeness (QED) is 0.826. The van der Waals surface area contributed by atoms with Crippen molar-refractivity contribution in [1.82, 2.24) is 15.1 Å². The Morgan fingerprint density at radius 2 is 1.74 bits per heavy atom. The monoisotopic (exact) mass is 369 g/mol. The molecule has 3 amide bonds. The third-order valence-electron chi connectivity index (χ3n) is 6.35. The molecule has 0 unspecified atom stereocenters. The largest absolute Gasteiger partial charge is 0.349 e. The molecular weight excluding hydrogens is 342 g/mol. The average Bonchev–Trinajstić information content (AvgIpc) is 3.25. The number of rotatable bonds is 4. The van der Waals surface area contributed by atoms with Gasteiger partial charge in [0, 0.05) is 31.1 Å². The normalized spacial score (nSPS) is 23.3. The zero-order valence-corrected chi connectivity index (χ0v) is 15.7. The molecular formula is C21H27N3O3. The van der Waals surface area contributed by atoms with Gasteiger partial charge in [-0.15, -0.1) is 0 Å². The van der Waals surface area contributed by atoms with Gasteiger partial charge in [0.1, 0.15) is 0 Å². The number of hydrogen-bond acceptors (Lipinski definition) is 4. The van der Waals surface area contributed by atoms with Crippen LogP contribution in [-0.4, -0.2) is 53.3 Å². The van der Waals surface area contributed by atoms with Gasteiger partial charge in [0.25, 0.3) is 5.91 Å². The first-order valence-corrected chi connectivity index (χ1v) is 10.0. The van der Waals surface area contributed by atoms with Crippen LogP contribution in [0.5, 0.6) is 0 Å². The van der Waals surface area contributed by atoms with Gasteiger partial charge in [-0.1, -0.05) is 31.0 Å². The highest BCUT2D eigenvalue weighted by Gasteiger charge is 2.52. The minimum atomic E-state index is -0.390. The number of nitrogens with one attached hydrogen (secondary N) is 1. The topological polar surface area (TPSA) is 69.7 Å². The van der Waals surface area contributed by atoms with Gasteiger partial charge in [-0.25, -0.2) is 0 Å². The van der Waals surface area contributed by atoms with Crippen LogP contribution in [-0.2, 0) is 9.59 Å². The Morgan fingerprint density at radius 3 is 2.41 bits per heavy atom. The molecule has 3 aliphatic rings. The standard InChI is InChI=1S/C21H27N3O3/c25-18-14-21(10-4-5-11-21)20(27)24(18)15-23-12-8-17(9-13-23)22-19(26)16-6-2-1-3-7-16/h1-3,6-7,17H,4-5,8-15H2,(H,22,26). The molecule has 27 heavy (non-hydrogen) atoms. The maximum Gasteiger partial charge on any atom is 0.251 e. The van der Waals surface area contributed by atoms with Gasteiger partial charge >= 0.3 is 0 Å². The molecule has 0 radical (unpaired) electrons. The van der Waals surface area contributed by atoms with Gasteiger partial charge in [0.2, 0.25) is 11.8 Å². The number of likely N-dealkylation sites (tertiary alicyclic amines) is 2. The second kappa shape index (κ2) is 7.43. The van der Waals surface area contributed by atoms with Crippen LogP contribution in [0.3, 0.4) is 0 Å². The van der Waals surface area contributed by atoms with E-state index in [4.69, 9.17) is 0 Å². The fraction of sp³-hybridized carbons (Fsp3) is 0.571. The smallest absolute Gasteiger partial charge is 0.251 e. The molecule has 0 atom stereocenters. The number of carbonyl (C=O) groups is 3. The first kappa shape index (κ1) is 18.2. The van der Waals surface area contributed by atoms with Crippen LogP contribution >= 0.6 is 0 Å². The molecule has 1 aromatic rings. The van der Waals surface area contributed by atoms with E-state index in [1.54, 1.807) is 0 Å². The number of benzene rings is 1. The molecule has 1 spiro atoms. The van der Waals surface area contributed by atoms with Gasteiger partial charge in [0.15, 0.2) is 0 Å². The predicted octanol–water partition coefficient (Wildman–Crippen LogP) is 2.16. The van der Waals surface area contributed by atoms with E-state index in [9.17, 15) is 14.4 Å². The van der Waals surface area contributed by atoms with Crippen molar-refractivity contribution in [3.05, 3.63) is 35.9 Å². The number of piperidine rings is 1. The molecule has 6 nitrogen and oxygen atoms in total. The summed E-state index contributed by atoms with van der Waals surface area (Å²) in [7, 11) is 0.